The number of benzene rings is 2. The van der Waals surface area contributed by atoms with E-state index in [2.05, 4.69) is 33.1 Å². The van der Waals surface area contributed by atoms with Gasteiger partial charge in [-0.25, -0.2) is 0 Å². The predicted molar refractivity (Wildman–Crippen MR) is 127 cm³/mol. The van der Waals surface area contributed by atoms with Crippen molar-refractivity contribution >= 4 is 34.6 Å². The lowest BCUT2D eigenvalue weighted by Gasteiger charge is -2.39. The second-order valence-corrected chi connectivity index (χ2v) is 7.94. The fourth-order valence-corrected chi connectivity index (χ4v) is 4.48. The number of fused-ring (bicyclic) bond motifs is 1. The molecule has 0 unspecified atom stereocenters. The molecule has 0 spiro atoms. The Balaban J connectivity index is 1.76. The summed E-state index contributed by atoms with van der Waals surface area (Å²) < 4.78 is 18.9. The van der Waals surface area contributed by atoms with Gasteiger partial charge in [0.15, 0.2) is 16.6 Å². The van der Waals surface area contributed by atoms with Crippen LogP contribution < -0.4 is 19.5 Å². The lowest BCUT2D eigenvalue weighted by molar-refractivity contribution is 0.288. The Morgan fingerprint density at radius 1 is 1.00 bits per heavy atom. The summed E-state index contributed by atoms with van der Waals surface area (Å²) in [5.74, 6) is 1.77. The van der Waals surface area contributed by atoms with E-state index in [1.165, 1.54) is 0 Å². The molecule has 4 rings (SSSR count). The molecule has 162 valence electrons. The van der Waals surface area contributed by atoms with Gasteiger partial charge in [-0.15, -0.1) is 0 Å². The Hall–Kier alpha value is -2.90. The van der Waals surface area contributed by atoms with Crippen molar-refractivity contribution in [3.63, 3.8) is 0 Å². The molecule has 8 heteroatoms. The van der Waals surface area contributed by atoms with Crippen LogP contribution in [0.1, 0.15) is 17.3 Å². The number of hydrogen-bond acceptors (Lipinski definition) is 4. The van der Waals surface area contributed by atoms with Crippen molar-refractivity contribution in [2.75, 3.05) is 33.2 Å². The van der Waals surface area contributed by atoms with Crippen LogP contribution in [0.4, 0.5) is 5.69 Å². The van der Waals surface area contributed by atoms with E-state index in [0.717, 1.165) is 30.0 Å². The van der Waals surface area contributed by atoms with Gasteiger partial charge in [0.2, 0.25) is 5.75 Å². The Morgan fingerprint density at radius 3 is 2.39 bits per heavy atom. The first-order valence-corrected chi connectivity index (χ1v) is 10.6. The molecule has 1 aliphatic rings. The monoisotopic (exact) mass is 457 g/mol. The second kappa shape index (κ2) is 9.08. The largest absolute Gasteiger partial charge is 0.493 e. The van der Waals surface area contributed by atoms with E-state index < -0.39 is 0 Å². The number of ether oxygens (including phenoxy) is 3. The van der Waals surface area contributed by atoms with Gasteiger partial charge in [0.1, 0.15) is 0 Å². The highest BCUT2D eigenvalue weighted by atomic mass is 35.5. The van der Waals surface area contributed by atoms with Gasteiger partial charge in [0, 0.05) is 35.7 Å². The number of rotatable bonds is 5. The molecule has 1 atom stereocenters. The highest BCUT2D eigenvalue weighted by molar-refractivity contribution is 7.80. The van der Waals surface area contributed by atoms with Crippen molar-refractivity contribution in [1.29, 1.82) is 0 Å². The van der Waals surface area contributed by atoms with Crippen LogP contribution in [0.25, 0.3) is 0 Å². The molecule has 1 aliphatic heterocycles. The lowest BCUT2D eigenvalue weighted by Crippen LogP contribution is -2.44. The van der Waals surface area contributed by atoms with E-state index >= 15 is 0 Å². The molecule has 2 heterocycles. The van der Waals surface area contributed by atoms with Crippen molar-refractivity contribution in [2.45, 2.75) is 12.6 Å². The average Bonchev–Trinajstić information content (AvgIpc) is 3.26. The third-order valence-electron chi connectivity index (χ3n) is 5.38. The van der Waals surface area contributed by atoms with E-state index in [0.29, 0.717) is 27.4 Å². The van der Waals surface area contributed by atoms with Crippen molar-refractivity contribution in [3.05, 3.63) is 71.0 Å². The van der Waals surface area contributed by atoms with Crippen LogP contribution in [0.5, 0.6) is 17.2 Å². The molecule has 2 aromatic carbocycles. The Labute approximate surface area is 192 Å². The first-order chi connectivity index (χ1) is 15.0. The molecule has 1 aromatic heterocycles. The Morgan fingerprint density at radius 2 is 1.74 bits per heavy atom. The van der Waals surface area contributed by atoms with Gasteiger partial charge >= 0.3 is 0 Å². The lowest BCUT2D eigenvalue weighted by atomic mass is 9.99. The number of aromatic nitrogens is 1. The van der Waals surface area contributed by atoms with E-state index in [1.54, 1.807) is 21.3 Å². The summed E-state index contributed by atoms with van der Waals surface area (Å²) in [7, 11) is 4.84. The third kappa shape index (κ3) is 4.16. The SMILES string of the molecule is COc1cc([C@@H]2c3cccn3CCN2C(=S)Nc2cccc(Cl)c2)cc(OC)c1OC. The standard InChI is InChI=1S/C23H24ClN3O3S/c1-28-19-12-15(13-20(29-2)22(19)30-3)21-18-8-5-9-26(18)10-11-27(21)23(31)25-17-7-4-6-16(24)14-17/h4-9,12-14,21H,10-11H2,1-3H3,(H,25,31)/t21-/m1/s1. The van der Waals surface area contributed by atoms with Crippen LogP contribution in [-0.4, -0.2) is 42.5 Å². The fraction of sp³-hybridized carbons (Fsp3) is 0.261. The van der Waals surface area contributed by atoms with Gasteiger partial charge in [-0.3, -0.25) is 0 Å². The summed E-state index contributed by atoms with van der Waals surface area (Å²) in [4.78, 5) is 2.17. The van der Waals surface area contributed by atoms with E-state index in [1.807, 2.05) is 36.4 Å². The van der Waals surface area contributed by atoms with E-state index in [9.17, 15) is 0 Å². The van der Waals surface area contributed by atoms with Gasteiger partial charge in [-0.05, 0) is 60.2 Å². The van der Waals surface area contributed by atoms with Crippen LogP contribution in [0.3, 0.4) is 0 Å². The molecule has 0 amide bonds. The smallest absolute Gasteiger partial charge is 0.203 e. The number of hydrogen-bond donors (Lipinski definition) is 1. The number of nitrogens with zero attached hydrogens (tertiary/aromatic N) is 2. The topological polar surface area (TPSA) is 47.9 Å². The quantitative estimate of drug-likeness (QED) is 0.546. The molecule has 0 saturated carbocycles. The van der Waals surface area contributed by atoms with Gasteiger partial charge in [-0.1, -0.05) is 17.7 Å². The van der Waals surface area contributed by atoms with E-state index in [4.69, 9.17) is 38.0 Å². The molecule has 0 aliphatic carbocycles. The first-order valence-electron chi connectivity index (χ1n) is 9.84. The summed E-state index contributed by atoms with van der Waals surface area (Å²) in [6.45, 7) is 1.58. The number of methoxy groups -OCH3 is 3. The molecule has 0 bridgehead atoms. The van der Waals surface area contributed by atoms with Crippen LogP contribution in [0.15, 0.2) is 54.7 Å². The van der Waals surface area contributed by atoms with Gasteiger partial charge in [0.25, 0.3) is 0 Å². The maximum Gasteiger partial charge on any atom is 0.203 e. The predicted octanol–water partition coefficient (Wildman–Crippen LogP) is 4.97. The average molecular weight is 458 g/mol. The van der Waals surface area contributed by atoms with Gasteiger partial charge in [0.05, 0.1) is 27.4 Å². The first kappa shape index (κ1) is 21.3. The van der Waals surface area contributed by atoms with Crippen LogP contribution in [-0.2, 0) is 6.54 Å². The molecule has 0 radical (unpaired) electrons. The van der Waals surface area contributed by atoms with Gasteiger partial charge in [-0.2, -0.15) is 0 Å². The molecular weight excluding hydrogens is 434 g/mol. The molecule has 3 aromatic rings. The van der Waals surface area contributed by atoms with Gasteiger partial charge < -0.3 is 29.0 Å². The highest BCUT2D eigenvalue weighted by Crippen LogP contribution is 2.43. The van der Waals surface area contributed by atoms with Crippen molar-refractivity contribution in [1.82, 2.24) is 9.47 Å². The minimum absolute atomic E-state index is 0.128. The summed E-state index contributed by atoms with van der Waals surface area (Å²) in [6, 6.07) is 15.5. The summed E-state index contributed by atoms with van der Waals surface area (Å²) in [5, 5.41) is 4.60. The van der Waals surface area contributed by atoms with Crippen LogP contribution in [0.2, 0.25) is 5.02 Å². The third-order valence-corrected chi connectivity index (χ3v) is 5.95. The Bertz CT molecular complexity index is 1080. The van der Waals surface area contributed by atoms with Crippen LogP contribution in [0, 0.1) is 0 Å². The maximum atomic E-state index is 6.15. The molecular formula is C23H24ClN3O3S. The molecule has 0 saturated heterocycles. The number of nitrogens with one attached hydrogen (secondary N) is 1. The van der Waals surface area contributed by atoms with Crippen LogP contribution >= 0.6 is 23.8 Å². The summed E-state index contributed by atoms with van der Waals surface area (Å²) in [6.07, 6.45) is 2.09. The minimum atomic E-state index is -0.128. The summed E-state index contributed by atoms with van der Waals surface area (Å²) in [5.41, 5.74) is 2.97. The molecule has 0 fully saturated rings. The highest BCUT2D eigenvalue weighted by Gasteiger charge is 2.32. The number of anilines is 1. The number of halogens is 1. The fourth-order valence-electron chi connectivity index (χ4n) is 3.97. The molecule has 31 heavy (non-hydrogen) atoms. The molecule has 6 nitrogen and oxygen atoms in total. The second-order valence-electron chi connectivity index (χ2n) is 7.12. The zero-order chi connectivity index (χ0) is 22.0. The Kier molecular flexibility index (Phi) is 6.25. The van der Waals surface area contributed by atoms with Crippen molar-refractivity contribution in [3.8, 4) is 17.2 Å². The van der Waals surface area contributed by atoms with Crippen molar-refractivity contribution < 1.29 is 14.2 Å². The summed E-state index contributed by atoms with van der Waals surface area (Å²) >= 11 is 12.0. The zero-order valence-electron chi connectivity index (χ0n) is 17.6. The van der Waals surface area contributed by atoms with E-state index in [-0.39, 0.29) is 6.04 Å². The minimum Gasteiger partial charge on any atom is -0.493 e. The molecule has 1 N–H and O–H groups in total. The zero-order valence-corrected chi connectivity index (χ0v) is 19.2. The number of thiocarbonyl (C=S) groups is 1. The maximum absolute atomic E-state index is 6.15. The normalized spacial score (nSPS) is 15.2. The van der Waals surface area contributed by atoms with Crippen molar-refractivity contribution in [2.24, 2.45) is 0 Å².